The quantitative estimate of drug-likeness (QED) is 0.384. The number of pyridine rings is 1. The minimum absolute atomic E-state index is 0.0763. The van der Waals surface area contributed by atoms with Crippen molar-refractivity contribution in [3.63, 3.8) is 0 Å². The number of hydrogen-bond donors (Lipinski definition) is 3. The van der Waals surface area contributed by atoms with Crippen molar-refractivity contribution < 1.29 is 29.0 Å². The fourth-order valence-electron chi connectivity index (χ4n) is 5.28. The summed E-state index contributed by atoms with van der Waals surface area (Å²) >= 11 is 6.30. The molecule has 0 saturated carbocycles. The smallest absolute Gasteiger partial charge is 0.290 e. The molecule has 3 amide bonds. The normalized spacial score (nSPS) is 18.6. The maximum absolute atomic E-state index is 13.5. The first-order valence-electron chi connectivity index (χ1n) is 13.9. The van der Waals surface area contributed by atoms with E-state index in [2.05, 4.69) is 10.3 Å². The van der Waals surface area contributed by atoms with Crippen molar-refractivity contribution in [3.05, 3.63) is 88.6 Å². The van der Waals surface area contributed by atoms with Crippen LogP contribution in [0.4, 0.5) is 5.82 Å². The number of nitrogens with zero attached hydrogens (tertiary/aromatic N) is 3. The zero-order chi connectivity index (χ0) is 30.8. The number of carbonyl (C=O) groups excluding carboxylic acids is 3. The summed E-state index contributed by atoms with van der Waals surface area (Å²) in [7, 11) is 0. The fourth-order valence-corrected chi connectivity index (χ4v) is 5.48. The monoisotopic (exact) mass is 607 g/mol. The molecule has 0 unspecified atom stereocenters. The second kappa shape index (κ2) is 15.0. The zero-order valence-corrected chi connectivity index (χ0v) is 24.3. The van der Waals surface area contributed by atoms with Gasteiger partial charge in [0.15, 0.2) is 0 Å². The molecule has 2 aliphatic rings. The summed E-state index contributed by atoms with van der Waals surface area (Å²) in [5.74, 6) is -0.0262. The first-order chi connectivity index (χ1) is 20.8. The van der Waals surface area contributed by atoms with E-state index in [0.29, 0.717) is 61.4 Å². The van der Waals surface area contributed by atoms with E-state index in [1.807, 2.05) is 42.5 Å². The van der Waals surface area contributed by atoms with Crippen LogP contribution in [0, 0.1) is 5.92 Å². The number of nitrogens with two attached hydrogens (primary N) is 1. The van der Waals surface area contributed by atoms with Gasteiger partial charge in [0.1, 0.15) is 11.6 Å². The Morgan fingerprint density at radius 3 is 2.58 bits per heavy atom. The van der Waals surface area contributed by atoms with E-state index >= 15 is 0 Å². The summed E-state index contributed by atoms with van der Waals surface area (Å²) < 4.78 is 6.02. The lowest BCUT2D eigenvalue weighted by molar-refractivity contribution is -0.130. The molecule has 3 aromatic rings. The van der Waals surface area contributed by atoms with E-state index < -0.39 is 5.92 Å². The maximum atomic E-state index is 13.5. The number of nitrogens with one attached hydrogen (secondary N) is 1. The first-order valence-corrected chi connectivity index (χ1v) is 14.3. The highest BCUT2D eigenvalue weighted by Gasteiger charge is 2.40. The topological polar surface area (TPSA) is 155 Å². The predicted octanol–water partition coefficient (Wildman–Crippen LogP) is 2.84. The second-order valence-electron chi connectivity index (χ2n) is 10.2. The molecule has 1 saturated heterocycles. The molecule has 2 aliphatic heterocycles. The summed E-state index contributed by atoms with van der Waals surface area (Å²) in [4.78, 5) is 55.8. The van der Waals surface area contributed by atoms with Crippen LogP contribution in [0.15, 0.2) is 66.9 Å². The van der Waals surface area contributed by atoms with E-state index in [1.54, 1.807) is 28.0 Å². The Morgan fingerprint density at radius 2 is 1.84 bits per heavy atom. The van der Waals surface area contributed by atoms with Crippen LogP contribution in [0.3, 0.4) is 0 Å². The fraction of sp³-hybridized carbons (Fsp3) is 0.323. The third kappa shape index (κ3) is 8.23. The van der Waals surface area contributed by atoms with Crippen LogP contribution < -0.4 is 15.8 Å². The Balaban J connectivity index is 0.00000135. The SMILES string of the molecule is Nc1ccc(C(=O)N2CCCOc3cccc(c3)[C@H]3CN(C(=O)Cc4ccccc4Cl)C[C@@H]3C(=O)NCC2)cn1.O=CO. The molecule has 43 heavy (non-hydrogen) atoms. The summed E-state index contributed by atoms with van der Waals surface area (Å²) in [5, 5.41) is 10.5. The maximum Gasteiger partial charge on any atom is 0.290 e. The third-order valence-corrected chi connectivity index (χ3v) is 7.81. The van der Waals surface area contributed by atoms with Gasteiger partial charge in [0.2, 0.25) is 11.8 Å². The van der Waals surface area contributed by atoms with E-state index in [4.69, 9.17) is 32.0 Å². The summed E-state index contributed by atoms with van der Waals surface area (Å²) in [5.41, 5.74) is 7.82. The van der Waals surface area contributed by atoms with E-state index in [1.165, 1.54) is 6.20 Å². The van der Waals surface area contributed by atoms with Gasteiger partial charge in [-0.05, 0) is 47.9 Å². The lowest BCUT2D eigenvalue weighted by Gasteiger charge is -2.25. The number of ether oxygens (including phenoxy) is 1. The molecule has 5 rings (SSSR count). The molecule has 2 atom stereocenters. The molecule has 3 heterocycles. The standard InChI is InChI=1S/C30H32ClN5O4.CH2O2/c31-26-8-2-1-5-21(26)16-28(37)36-18-24-20-6-3-7-23(15-20)40-14-4-12-35(13-11-33-29(38)25(24)19-36)30(39)22-9-10-27(32)34-17-22;2-1-3/h1-3,5-10,15,17,24-25H,4,11-14,16,18-19H2,(H2,32,34)(H,33,38);1H,(H,2,3)/t24-,25+;/m1./s1. The Labute approximate surface area is 254 Å². The number of rotatable bonds is 3. The number of aromatic nitrogens is 1. The number of hydrogen-bond acceptors (Lipinski definition) is 7. The zero-order valence-electron chi connectivity index (χ0n) is 23.5. The van der Waals surface area contributed by atoms with Gasteiger partial charge in [-0.3, -0.25) is 19.2 Å². The Hall–Kier alpha value is -4.64. The summed E-state index contributed by atoms with van der Waals surface area (Å²) in [6, 6.07) is 18.2. The van der Waals surface area contributed by atoms with Crippen LogP contribution in [0.5, 0.6) is 5.75 Å². The minimum Gasteiger partial charge on any atom is -0.494 e. The number of carboxylic acid groups (broad SMARTS) is 1. The second-order valence-corrected chi connectivity index (χ2v) is 10.6. The van der Waals surface area contributed by atoms with Crippen LogP contribution in [-0.4, -0.2) is 83.4 Å². The number of carbonyl (C=O) groups is 4. The van der Waals surface area contributed by atoms with Crippen LogP contribution in [0.25, 0.3) is 0 Å². The number of fused-ring (bicyclic) bond motifs is 4. The third-order valence-electron chi connectivity index (χ3n) is 7.44. The molecular formula is C31H34ClN5O6. The van der Waals surface area contributed by atoms with Gasteiger partial charge in [-0.15, -0.1) is 0 Å². The highest BCUT2D eigenvalue weighted by Crippen LogP contribution is 2.35. The number of amides is 3. The molecular weight excluding hydrogens is 574 g/mol. The number of anilines is 1. The van der Waals surface area contributed by atoms with Gasteiger partial charge < -0.3 is 30.7 Å². The number of halogens is 1. The molecule has 4 N–H and O–H groups in total. The van der Waals surface area contributed by atoms with Crippen LogP contribution in [-0.2, 0) is 20.8 Å². The van der Waals surface area contributed by atoms with E-state index in [0.717, 1.165) is 11.1 Å². The molecule has 11 nitrogen and oxygen atoms in total. The minimum atomic E-state index is -0.446. The van der Waals surface area contributed by atoms with Gasteiger partial charge in [-0.2, -0.15) is 0 Å². The molecule has 0 spiro atoms. The van der Waals surface area contributed by atoms with Crippen molar-refractivity contribution in [1.82, 2.24) is 20.1 Å². The Morgan fingerprint density at radius 1 is 1.07 bits per heavy atom. The van der Waals surface area contributed by atoms with Gasteiger partial charge in [-0.1, -0.05) is 41.9 Å². The van der Waals surface area contributed by atoms with Crippen molar-refractivity contribution >= 4 is 41.6 Å². The lowest BCUT2D eigenvalue weighted by atomic mass is 9.88. The molecule has 2 aromatic carbocycles. The van der Waals surface area contributed by atoms with Gasteiger partial charge in [0.25, 0.3) is 12.4 Å². The predicted molar refractivity (Wildman–Crippen MR) is 161 cm³/mol. The number of nitrogen functional groups attached to an aromatic ring is 1. The van der Waals surface area contributed by atoms with Crippen molar-refractivity contribution in [2.75, 3.05) is 45.1 Å². The highest BCUT2D eigenvalue weighted by molar-refractivity contribution is 6.31. The Kier molecular flexibility index (Phi) is 10.9. The van der Waals surface area contributed by atoms with Crippen LogP contribution >= 0.6 is 11.6 Å². The molecule has 1 aromatic heterocycles. The van der Waals surface area contributed by atoms with Crippen molar-refractivity contribution in [2.45, 2.75) is 18.8 Å². The molecule has 12 heteroatoms. The van der Waals surface area contributed by atoms with Gasteiger partial charge in [-0.25, -0.2) is 4.98 Å². The van der Waals surface area contributed by atoms with Crippen molar-refractivity contribution in [2.24, 2.45) is 5.92 Å². The van der Waals surface area contributed by atoms with Gasteiger partial charge in [0, 0.05) is 49.9 Å². The average molecular weight is 608 g/mol. The van der Waals surface area contributed by atoms with Gasteiger partial charge >= 0.3 is 0 Å². The highest BCUT2D eigenvalue weighted by atomic mass is 35.5. The first kappa shape index (κ1) is 31.3. The summed E-state index contributed by atoms with van der Waals surface area (Å²) in [6.07, 6.45) is 2.24. The molecule has 0 radical (unpaired) electrons. The molecule has 0 aliphatic carbocycles. The number of likely N-dealkylation sites (tertiary alicyclic amines) is 1. The van der Waals surface area contributed by atoms with E-state index in [9.17, 15) is 14.4 Å². The molecule has 226 valence electrons. The lowest BCUT2D eigenvalue weighted by Crippen LogP contribution is -2.42. The van der Waals surface area contributed by atoms with Crippen molar-refractivity contribution in [1.29, 1.82) is 0 Å². The molecule has 2 bridgehead atoms. The van der Waals surface area contributed by atoms with E-state index in [-0.39, 0.29) is 43.1 Å². The molecule has 1 fully saturated rings. The van der Waals surface area contributed by atoms with Crippen LogP contribution in [0.1, 0.15) is 33.8 Å². The Bertz CT molecular complexity index is 1440. The average Bonchev–Trinajstić information content (AvgIpc) is 3.46. The van der Waals surface area contributed by atoms with Gasteiger partial charge in [0.05, 0.1) is 24.5 Å². The number of benzene rings is 2. The van der Waals surface area contributed by atoms with Crippen molar-refractivity contribution in [3.8, 4) is 5.75 Å². The largest absolute Gasteiger partial charge is 0.494 e. The summed E-state index contributed by atoms with van der Waals surface area (Å²) in [6.45, 7) is 1.95. The van der Waals surface area contributed by atoms with Crippen LogP contribution in [0.2, 0.25) is 5.02 Å².